The summed E-state index contributed by atoms with van der Waals surface area (Å²) in [7, 11) is 1.62. The van der Waals surface area contributed by atoms with E-state index < -0.39 is 5.97 Å². The number of methoxy groups -OCH3 is 1. The Morgan fingerprint density at radius 1 is 1.16 bits per heavy atom. The van der Waals surface area contributed by atoms with Gasteiger partial charge in [0.25, 0.3) is 0 Å². The molecule has 0 saturated heterocycles. The number of ether oxygens (including phenoxy) is 1. The minimum Gasteiger partial charge on any atom is -0.496 e. The second-order valence-electron chi connectivity index (χ2n) is 5.51. The molecule has 0 spiro atoms. The van der Waals surface area contributed by atoms with Crippen LogP contribution in [0.1, 0.15) is 11.3 Å². The van der Waals surface area contributed by atoms with Gasteiger partial charge in [-0.25, -0.2) is 4.98 Å². The van der Waals surface area contributed by atoms with Crippen LogP contribution in [-0.2, 0) is 17.8 Å². The van der Waals surface area contributed by atoms with Gasteiger partial charge in [-0.2, -0.15) is 0 Å². The van der Waals surface area contributed by atoms with Crippen molar-refractivity contribution in [2.45, 2.75) is 13.0 Å². The molecule has 3 rings (SSSR count). The molecule has 0 saturated carbocycles. The Hall–Kier alpha value is -2.60. The van der Waals surface area contributed by atoms with E-state index in [0.717, 1.165) is 22.7 Å². The molecule has 25 heavy (non-hydrogen) atoms. The summed E-state index contributed by atoms with van der Waals surface area (Å²) < 4.78 is 7.90. The summed E-state index contributed by atoms with van der Waals surface area (Å²) in [6, 6.07) is 17.4. The van der Waals surface area contributed by atoms with Crippen molar-refractivity contribution in [1.29, 1.82) is 0 Å². The van der Waals surface area contributed by atoms with Crippen molar-refractivity contribution in [3.05, 3.63) is 70.5 Å². The van der Waals surface area contributed by atoms with Gasteiger partial charge in [0.2, 0.25) is 0 Å². The SMILES string of the molecule is COc1ccccc1Cn1c(-c2ccccc2)nc(Br)c1CC(=O)O. The van der Waals surface area contributed by atoms with Crippen molar-refractivity contribution >= 4 is 21.9 Å². The van der Waals surface area contributed by atoms with Crippen LogP contribution in [0.4, 0.5) is 0 Å². The molecule has 0 aliphatic heterocycles. The summed E-state index contributed by atoms with van der Waals surface area (Å²) in [5.74, 6) is 0.573. The Labute approximate surface area is 154 Å². The van der Waals surface area contributed by atoms with Crippen LogP contribution in [0.2, 0.25) is 0 Å². The van der Waals surface area contributed by atoms with Crippen molar-refractivity contribution in [3.63, 3.8) is 0 Å². The lowest BCUT2D eigenvalue weighted by atomic mass is 10.1. The molecule has 0 aliphatic rings. The summed E-state index contributed by atoms with van der Waals surface area (Å²) in [6.45, 7) is 0.468. The zero-order valence-electron chi connectivity index (χ0n) is 13.6. The molecule has 5 nitrogen and oxygen atoms in total. The highest BCUT2D eigenvalue weighted by atomic mass is 79.9. The minimum atomic E-state index is -0.901. The first-order valence-corrected chi connectivity index (χ1v) is 8.53. The maximum Gasteiger partial charge on any atom is 0.309 e. The van der Waals surface area contributed by atoms with Gasteiger partial charge in [-0.05, 0) is 22.0 Å². The molecular formula is C19H17BrN2O3. The smallest absolute Gasteiger partial charge is 0.309 e. The molecule has 0 aliphatic carbocycles. The number of carbonyl (C=O) groups is 1. The summed E-state index contributed by atoms with van der Waals surface area (Å²) >= 11 is 3.42. The van der Waals surface area contributed by atoms with Gasteiger partial charge in [-0.15, -0.1) is 0 Å². The van der Waals surface area contributed by atoms with E-state index in [9.17, 15) is 9.90 Å². The number of carboxylic acids is 1. The molecule has 0 amide bonds. The molecule has 3 aromatic rings. The van der Waals surface area contributed by atoms with Crippen LogP contribution in [0.25, 0.3) is 11.4 Å². The van der Waals surface area contributed by atoms with E-state index in [1.165, 1.54) is 0 Å². The third kappa shape index (κ3) is 3.74. The highest BCUT2D eigenvalue weighted by Gasteiger charge is 2.20. The van der Waals surface area contributed by atoms with Crippen LogP contribution in [-0.4, -0.2) is 27.7 Å². The van der Waals surface area contributed by atoms with Crippen molar-refractivity contribution in [3.8, 4) is 17.1 Å². The molecular weight excluding hydrogens is 384 g/mol. The first kappa shape index (κ1) is 17.2. The number of aliphatic carboxylic acids is 1. The standard InChI is InChI=1S/C19H17BrN2O3/c1-25-16-10-6-5-9-14(16)12-22-15(11-17(23)24)18(20)21-19(22)13-7-3-2-4-8-13/h2-10H,11-12H2,1H3,(H,23,24). The van der Waals surface area contributed by atoms with Gasteiger partial charge in [0.1, 0.15) is 16.2 Å². The van der Waals surface area contributed by atoms with Crippen molar-refractivity contribution in [2.24, 2.45) is 0 Å². The Morgan fingerprint density at radius 3 is 2.52 bits per heavy atom. The third-order valence-electron chi connectivity index (χ3n) is 3.90. The van der Waals surface area contributed by atoms with Gasteiger partial charge in [-0.3, -0.25) is 4.79 Å². The molecule has 6 heteroatoms. The molecule has 128 valence electrons. The molecule has 0 fully saturated rings. The maximum absolute atomic E-state index is 11.3. The molecule has 0 atom stereocenters. The minimum absolute atomic E-state index is 0.116. The molecule has 1 aromatic heterocycles. The fraction of sp³-hybridized carbons (Fsp3) is 0.158. The molecule has 2 aromatic carbocycles. The summed E-state index contributed by atoms with van der Waals surface area (Å²) in [6.07, 6.45) is -0.116. The summed E-state index contributed by atoms with van der Waals surface area (Å²) in [5.41, 5.74) is 2.51. The van der Waals surface area contributed by atoms with E-state index in [1.807, 2.05) is 59.2 Å². The highest BCUT2D eigenvalue weighted by molar-refractivity contribution is 9.10. The fourth-order valence-electron chi connectivity index (χ4n) is 2.75. The summed E-state index contributed by atoms with van der Waals surface area (Å²) in [4.78, 5) is 15.9. The Kier molecular flexibility index (Phi) is 5.19. The van der Waals surface area contributed by atoms with Crippen LogP contribution in [0, 0.1) is 0 Å². The van der Waals surface area contributed by atoms with Gasteiger partial charge in [0.05, 0.1) is 25.8 Å². The van der Waals surface area contributed by atoms with E-state index in [4.69, 9.17) is 4.74 Å². The van der Waals surface area contributed by atoms with Gasteiger partial charge in [0.15, 0.2) is 0 Å². The van der Waals surface area contributed by atoms with Crippen LogP contribution in [0.3, 0.4) is 0 Å². The number of nitrogens with zero attached hydrogens (tertiary/aromatic N) is 2. The van der Waals surface area contributed by atoms with Crippen molar-refractivity contribution < 1.29 is 14.6 Å². The highest BCUT2D eigenvalue weighted by Crippen LogP contribution is 2.29. The van der Waals surface area contributed by atoms with E-state index in [2.05, 4.69) is 20.9 Å². The van der Waals surface area contributed by atoms with Crippen LogP contribution < -0.4 is 4.74 Å². The number of rotatable bonds is 6. The Balaban J connectivity index is 2.13. The topological polar surface area (TPSA) is 64.4 Å². The first-order valence-electron chi connectivity index (χ1n) is 7.74. The van der Waals surface area contributed by atoms with Gasteiger partial charge in [-0.1, -0.05) is 48.5 Å². The lowest BCUT2D eigenvalue weighted by Crippen LogP contribution is -2.11. The third-order valence-corrected chi connectivity index (χ3v) is 4.53. The van der Waals surface area contributed by atoms with Gasteiger partial charge < -0.3 is 14.4 Å². The predicted octanol–water partition coefficient (Wildman–Crippen LogP) is 4.00. The maximum atomic E-state index is 11.3. The number of halogens is 1. The van der Waals surface area contributed by atoms with Crippen molar-refractivity contribution in [2.75, 3.05) is 7.11 Å². The molecule has 0 radical (unpaired) electrons. The Morgan fingerprint density at radius 2 is 1.84 bits per heavy atom. The van der Waals surface area contributed by atoms with Gasteiger partial charge >= 0.3 is 5.97 Å². The van der Waals surface area contributed by atoms with Crippen LogP contribution in [0.15, 0.2) is 59.2 Å². The van der Waals surface area contributed by atoms with E-state index >= 15 is 0 Å². The first-order chi connectivity index (χ1) is 12.1. The number of aromatic nitrogens is 2. The van der Waals surface area contributed by atoms with E-state index in [1.54, 1.807) is 7.11 Å². The zero-order valence-corrected chi connectivity index (χ0v) is 15.2. The van der Waals surface area contributed by atoms with Crippen LogP contribution >= 0.6 is 15.9 Å². The number of carboxylic acid groups (broad SMARTS) is 1. The summed E-state index contributed by atoms with van der Waals surface area (Å²) in [5, 5.41) is 9.28. The number of para-hydroxylation sites is 1. The molecule has 1 N–H and O–H groups in total. The largest absolute Gasteiger partial charge is 0.496 e. The number of hydrogen-bond donors (Lipinski definition) is 1. The van der Waals surface area contributed by atoms with E-state index in [0.29, 0.717) is 16.8 Å². The zero-order chi connectivity index (χ0) is 17.8. The second kappa shape index (κ2) is 7.53. The van der Waals surface area contributed by atoms with E-state index in [-0.39, 0.29) is 6.42 Å². The van der Waals surface area contributed by atoms with Crippen molar-refractivity contribution in [1.82, 2.24) is 9.55 Å². The van der Waals surface area contributed by atoms with Crippen LogP contribution in [0.5, 0.6) is 5.75 Å². The predicted molar refractivity (Wildman–Crippen MR) is 98.8 cm³/mol. The monoisotopic (exact) mass is 400 g/mol. The molecule has 0 bridgehead atoms. The quantitative estimate of drug-likeness (QED) is 0.678. The average Bonchev–Trinajstić information content (AvgIpc) is 2.92. The second-order valence-corrected chi connectivity index (χ2v) is 6.26. The lowest BCUT2D eigenvalue weighted by molar-refractivity contribution is -0.136. The molecule has 0 unspecified atom stereocenters. The number of imidazole rings is 1. The normalized spacial score (nSPS) is 10.6. The average molecular weight is 401 g/mol. The number of hydrogen-bond acceptors (Lipinski definition) is 3. The number of benzene rings is 2. The lowest BCUT2D eigenvalue weighted by Gasteiger charge is -2.14. The van der Waals surface area contributed by atoms with Gasteiger partial charge in [0, 0.05) is 11.1 Å². The Bertz CT molecular complexity index is 891. The molecule has 1 heterocycles. The fourth-order valence-corrected chi connectivity index (χ4v) is 3.27.